The molecule has 0 radical (unpaired) electrons. The molecule has 2 heteroatoms. The van der Waals surface area contributed by atoms with Crippen molar-refractivity contribution in [1.29, 1.82) is 0 Å². The van der Waals surface area contributed by atoms with Crippen LogP contribution in [0, 0.1) is 0 Å². The highest BCUT2D eigenvalue weighted by atomic mass is 16.7. The third-order valence-corrected chi connectivity index (χ3v) is 3.86. The number of rotatable bonds is 13. The molecule has 1 heterocycles. The quantitative estimate of drug-likeness (QED) is 0.243. The van der Waals surface area contributed by atoms with Crippen LogP contribution in [0.1, 0.15) is 78.6 Å². The molecule has 0 aromatic carbocycles. The van der Waals surface area contributed by atoms with Crippen LogP contribution >= 0.6 is 0 Å². The monoisotopic (exact) mass is 374 g/mol. The highest BCUT2D eigenvalue weighted by Gasteiger charge is 2.12. The van der Waals surface area contributed by atoms with Crippen LogP contribution in [0.4, 0.5) is 0 Å². The molecular formula is C25H42O2. The smallest absolute Gasteiger partial charge is 0.157 e. The second kappa shape index (κ2) is 22.7. The van der Waals surface area contributed by atoms with Gasteiger partial charge < -0.3 is 9.47 Å². The zero-order chi connectivity index (χ0) is 19.8. The molecular weight excluding hydrogens is 332 g/mol. The van der Waals surface area contributed by atoms with Crippen molar-refractivity contribution in [3.63, 3.8) is 0 Å². The lowest BCUT2D eigenvalue weighted by Crippen LogP contribution is -2.24. The van der Waals surface area contributed by atoms with E-state index in [1.165, 1.54) is 0 Å². The van der Waals surface area contributed by atoms with Gasteiger partial charge in [-0.25, -0.2) is 0 Å². The molecule has 154 valence electrons. The fourth-order valence-corrected chi connectivity index (χ4v) is 2.47. The summed E-state index contributed by atoms with van der Waals surface area (Å²) in [6.07, 6.45) is 31.9. The molecule has 0 aromatic heterocycles. The molecule has 1 saturated heterocycles. The van der Waals surface area contributed by atoms with E-state index in [0.717, 1.165) is 71.0 Å². The number of hydrogen-bond acceptors (Lipinski definition) is 2. The van der Waals surface area contributed by atoms with E-state index in [2.05, 4.69) is 67.7 Å². The zero-order valence-electron chi connectivity index (χ0n) is 17.9. The van der Waals surface area contributed by atoms with Crippen LogP contribution < -0.4 is 0 Å². The van der Waals surface area contributed by atoms with Crippen molar-refractivity contribution >= 4 is 0 Å². The highest BCUT2D eigenvalue weighted by Crippen LogP contribution is 2.12. The van der Waals surface area contributed by atoms with E-state index < -0.39 is 0 Å². The largest absolute Gasteiger partial charge is 0.353 e. The first-order valence-corrected chi connectivity index (χ1v) is 10.9. The van der Waals surface area contributed by atoms with Crippen molar-refractivity contribution in [3.8, 4) is 0 Å². The maximum atomic E-state index is 5.54. The van der Waals surface area contributed by atoms with Crippen LogP contribution in [0.3, 0.4) is 0 Å². The Morgan fingerprint density at radius 1 is 0.667 bits per heavy atom. The summed E-state index contributed by atoms with van der Waals surface area (Å²) in [6.45, 7) is 7.87. The second-order valence-electron chi connectivity index (χ2n) is 6.16. The van der Waals surface area contributed by atoms with Gasteiger partial charge in [0.15, 0.2) is 6.29 Å². The Kier molecular flexibility index (Phi) is 21.5. The topological polar surface area (TPSA) is 18.5 Å². The highest BCUT2D eigenvalue weighted by molar-refractivity contribution is 5.00. The predicted octanol–water partition coefficient (Wildman–Crippen LogP) is 7.70. The molecule has 0 aromatic rings. The summed E-state index contributed by atoms with van der Waals surface area (Å²) in [5.74, 6) is 0. The summed E-state index contributed by atoms with van der Waals surface area (Å²) < 4.78 is 11.1. The summed E-state index contributed by atoms with van der Waals surface area (Å²) in [7, 11) is 0. The zero-order valence-corrected chi connectivity index (χ0v) is 17.9. The van der Waals surface area contributed by atoms with Crippen LogP contribution in [0.2, 0.25) is 0 Å². The Bertz CT molecular complexity index is 424. The molecule has 2 nitrogen and oxygen atoms in total. The van der Waals surface area contributed by atoms with E-state index in [4.69, 9.17) is 9.47 Å². The minimum atomic E-state index is 0.0384. The molecule has 0 N–H and O–H groups in total. The van der Waals surface area contributed by atoms with Crippen LogP contribution in [0.15, 0.2) is 60.8 Å². The van der Waals surface area contributed by atoms with Crippen molar-refractivity contribution in [3.05, 3.63) is 60.8 Å². The summed E-state index contributed by atoms with van der Waals surface area (Å²) in [6, 6.07) is 0. The maximum Gasteiger partial charge on any atom is 0.157 e. The lowest BCUT2D eigenvalue weighted by atomic mass is 10.2. The Morgan fingerprint density at radius 3 is 1.59 bits per heavy atom. The van der Waals surface area contributed by atoms with Crippen molar-refractivity contribution in [1.82, 2.24) is 0 Å². The summed E-state index contributed by atoms with van der Waals surface area (Å²) in [5.41, 5.74) is 0. The van der Waals surface area contributed by atoms with Crippen LogP contribution in [0.5, 0.6) is 0 Å². The number of unbranched alkanes of at least 4 members (excludes halogenated alkanes) is 1. The average molecular weight is 375 g/mol. The van der Waals surface area contributed by atoms with Gasteiger partial charge in [-0.05, 0) is 57.8 Å². The van der Waals surface area contributed by atoms with Gasteiger partial charge in [0.2, 0.25) is 0 Å². The van der Waals surface area contributed by atoms with Crippen molar-refractivity contribution in [2.24, 2.45) is 0 Å². The van der Waals surface area contributed by atoms with E-state index >= 15 is 0 Å². The van der Waals surface area contributed by atoms with Gasteiger partial charge in [-0.15, -0.1) is 0 Å². The van der Waals surface area contributed by atoms with Crippen molar-refractivity contribution in [2.45, 2.75) is 84.8 Å². The third-order valence-electron chi connectivity index (χ3n) is 3.86. The van der Waals surface area contributed by atoms with E-state index in [1.807, 2.05) is 13.8 Å². The standard InChI is InChI=1S/C23H36O2.C2H6/c1-2-3-4-5-6-7-8-9-10-11-12-13-14-15-16-17-18-20-23-24-21-19-22-25-23;1-2/h3-4,6-7,9-10,12-13,15-16,23H,2,5,8,11,14,17-22H2,1H3;1-2H3/b4-3-,7-6-,10-9-,13-12-,16-15-;. The van der Waals surface area contributed by atoms with Gasteiger partial charge in [0.1, 0.15) is 0 Å². The van der Waals surface area contributed by atoms with Gasteiger partial charge in [-0.3, -0.25) is 0 Å². The molecule has 0 amide bonds. The summed E-state index contributed by atoms with van der Waals surface area (Å²) >= 11 is 0. The van der Waals surface area contributed by atoms with Gasteiger partial charge in [0.25, 0.3) is 0 Å². The molecule has 1 rings (SSSR count). The molecule has 27 heavy (non-hydrogen) atoms. The lowest BCUT2D eigenvalue weighted by Gasteiger charge is -2.22. The Balaban J connectivity index is 0.00000326. The van der Waals surface area contributed by atoms with Gasteiger partial charge in [0.05, 0.1) is 13.2 Å². The SMILES string of the molecule is CC.CC/C=C\C/C=C\C/C=C\C/C=C\C/C=C\CCCC1OCCCO1. The number of hydrogen-bond donors (Lipinski definition) is 0. The second-order valence-corrected chi connectivity index (χ2v) is 6.16. The van der Waals surface area contributed by atoms with Gasteiger partial charge in [0, 0.05) is 0 Å². The van der Waals surface area contributed by atoms with E-state index in [0.29, 0.717) is 0 Å². The molecule has 0 atom stereocenters. The van der Waals surface area contributed by atoms with Crippen LogP contribution in [0.25, 0.3) is 0 Å². The van der Waals surface area contributed by atoms with E-state index in [9.17, 15) is 0 Å². The molecule has 0 unspecified atom stereocenters. The minimum Gasteiger partial charge on any atom is -0.353 e. The first kappa shape index (κ1) is 25.6. The minimum absolute atomic E-state index is 0.0384. The van der Waals surface area contributed by atoms with Gasteiger partial charge in [-0.1, -0.05) is 81.5 Å². The third kappa shape index (κ3) is 19.2. The Hall–Kier alpha value is -1.38. The molecule has 0 saturated carbocycles. The van der Waals surface area contributed by atoms with Crippen molar-refractivity contribution < 1.29 is 9.47 Å². The molecule has 1 aliphatic heterocycles. The van der Waals surface area contributed by atoms with Gasteiger partial charge >= 0.3 is 0 Å². The van der Waals surface area contributed by atoms with Gasteiger partial charge in [-0.2, -0.15) is 0 Å². The van der Waals surface area contributed by atoms with Crippen molar-refractivity contribution in [2.75, 3.05) is 13.2 Å². The molecule has 0 aliphatic carbocycles. The Morgan fingerprint density at radius 2 is 1.11 bits per heavy atom. The summed E-state index contributed by atoms with van der Waals surface area (Å²) in [4.78, 5) is 0. The fraction of sp³-hybridized carbons (Fsp3) is 0.600. The average Bonchev–Trinajstić information content (AvgIpc) is 2.72. The molecule has 0 spiro atoms. The van der Waals surface area contributed by atoms with E-state index in [1.54, 1.807) is 0 Å². The van der Waals surface area contributed by atoms with Crippen LogP contribution in [-0.2, 0) is 9.47 Å². The lowest BCUT2D eigenvalue weighted by molar-refractivity contribution is -0.181. The number of allylic oxidation sites excluding steroid dienone is 10. The molecule has 1 aliphatic rings. The first-order valence-electron chi connectivity index (χ1n) is 10.9. The van der Waals surface area contributed by atoms with Crippen LogP contribution in [-0.4, -0.2) is 19.5 Å². The fourth-order valence-electron chi connectivity index (χ4n) is 2.47. The Labute approximate surface area is 168 Å². The van der Waals surface area contributed by atoms with E-state index in [-0.39, 0.29) is 6.29 Å². The first-order chi connectivity index (χ1) is 13.4. The predicted molar refractivity (Wildman–Crippen MR) is 120 cm³/mol. The molecule has 1 fully saturated rings. The summed E-state index contributed by atoms with van der Waals surface area (Å²) in [5, 5.41) is 0. The molecule has 0 bridgehead atoms. The normalized spacial score (nSPS) is 16.3. The number of ether oxygens (including phenoxy) is 2. The maximum absolute atomic E-state index is 5.54.